The summed E-state index contributed by atoms with van der Waals surface area (Å²) in [6.45, 7) is 1.95. The molecule has 5 nitrogen and oxygen atoms in total. The fraction of sp³-hybridized carbons (Fsp3) is 0.150. The van der Waals surface area contributed by atoms with E-state index in [1.165, 1.54) is 23.1 Å². The molecular formula is C20H19N3O2S2. The van der Waals surface area contributed by atoms with Crippen molar-refractivity contribution in [2.75, 3.05) is 18.1 Å². The third kappa shape index (κ3) is 4.96. The third-order valence-electron chi connectivity index (χ3n) is 3.77. The topological polar surface area (TPSA) is 71.1 Å². The van der Waals surface area contributed by atoms with Crippen molar-refractivity contribution in [3.05, 3.63) is 65.7 Å². The van der Waals surface area contributed by atoms with Gasteiger partial charge in [0.05, 0.1) is 5.75 Å². The standard InChI is InChI=1S/C20H19N3O2S2/c1-13-7-6-10-15(11-13)18(25)23-19-17(14-8-4-3-5-9-14)22-20(27-19)26-12-16(24)21-2/h3-11H,12H2,1-2H3,(H,21,24)(H,23,25). The van der Waals surface area contributed by atoms with Crippen LogP contribution < -0.4 is 10.6 Å². The van der Waals surface area contributed by atoms with Crippen molar-refractivity contribution in [1.82, 2.24) is 10.3 Å². The molecule has 3 rings (SSSR count). The van der Waals surface area contributed by atoms with Gasteiger partial charge in [-0.05, 0) is 19.1 Å². The van der Waals surface area contributed by atoms with E-state index in [2.05, 4.69) is 15.6 Å². The summed E-state index contributed by atoms with van der Waals surface area (Å²) in [5.74, 6) is 0.0351. The molecule has 2 aromatic carbocycles. The molecule has 0 saturated carbocycles. The molecule has 2 N–H and O–H groups in total. The average molecular weight is 398 g/mol. The zero-order chi connectivity index (χ0) is 19.2. The van der Waals surface area contributed by atoms with Crippen molar-refractivity contribution < 1.29 is 9.59 Å². The van der Waals surface area contributed by atoms with Crippen LogP contribution in [-0.2, 0) is 4.79 Å². The Hall–Kier alpha value is -2.64. The van der Waals surface area contributed by atoms with Gasteiger partial charge in [-0.1, -0.05) is 71.1 Å². The van der Waals surface area contributed by atoms with Crippen LogP contribution in [0.2, 0.25) is 0 Å². The monoisotopic (exact) mass is 397 g/mol. The number of benzene rings is 2. The number of amides is 2. The van der Waals surface area contributed by atoms with Crippen molar-refractivity contribution in [3.63, 3.8) is 0 Å². The molecule has 3 aromatic rings. The fourth-order valence-electron chi connectivity index (χ4n) is 2.40. The van der Waals surface area contributed by atoms with E-state index in [0.717, 1.165) is 15.5 Å². The highest BCUT2D eigenvalue weighted by Crippen LogP contribution is 2.37. The zero-order valence-electron chi connectivity index (χ0n) is 15.0. The fourth-order valence-corrected chi connectivity index (χ4v) is 4.33. The highest BCUT2D eigenvalue weighted by Gasteiger charge is 2.17. The molecule has 1 aromatic heterocycles. The lowest BCUT2D eigenvalue weighted by Crippen LogP contribution is -2.19. The van der Waals surface area contributed by atoms with Crippen molar-refractivity contribution >= 4 is 39.9 Å². The van der Waals surface area contributed by atoms with Crippen LogP contribution in [0.15, 0.2) is 58.9 Å². The number of carbonyl (C=O) groups excluding carboxylic acids is 2. The summed E-state index contributed by atoms with van der Waals surface area (Å²) in [4.78, 5) is 28.8. The maximum Gasteiger partial charge on any atom is 0.256 e. The lowest BCUT2D eigenvalue weighted by molar-refractivity contribution is -0.118. The molecule has 138 valence electrons. The summed E-state index contributed by atoms with van der Waals surface area (Å²) in [6, 6.07) is 17.1. The third-order valence-corrected chi connectivity index (χ3v) is 5.88. The molecule has 0 fully saturated rings. The van der Waals surface area contributed by atoms with Gasteiger partial charge >= 0.3 is 0 Å². The van der Waals surface area contributed by atoms with Gasteiger partial charge < -0.3 is 10.6 Å². The molecule has 0 bridgehead atoms. The first kappa shape index (κ1) is 19.1. The summed E-state index contributed by atoms with van der Waals surface area (Å²) in [5.41, 5.74) is 3.25. The first-order chi connectivity index (χ1) is 13.1. The Morgan fingerprint density at radius 1 is 1.11 bits per heavy atom. The Morgan fingerprint density at radius 2 is 1.89 bits per heavy atom. The van der Waals surface area contributed by atoms with Gasteiger partial charge in [0.25, 0.3) is 5.91 Å². The molecule has 27 heavy (non-hydrogen) atoms. The second kappa shape index (κ2) is 8.83. The van der Waals surface area contributed by atoms with E-state index in [1.807, 2.05) is 55.5 Å². The molecule has 7 heteroatoms. The normalized spacial score (nSPS) is 10.4. The quantitative estimate of drug-likeness (QED) is 0.611. The summed E-state index contributed by atoms with van der Waals surface area (Å²) in [7, 11) is 1.60. The van der Waals surface area contributed by atoms with E-state index in [4.69, 9.17) is 0 Å². The number of thioether (sulfide) groups is 1. The molecular weight excluding hydrogens is 378 g/mol. The Kier molecular flexibility index (Phi) is 6.26. The summed E-state index contributed by atoms with van der Waals surface area (Å²) in [6.07, 6.45) is 0. The van der Waals surface area contributed by atoms with Crippen molar-refractivity contribution in [1.29, 1.82) is 0 Å². The lowest BCUT2D eigenvalue weighted by Gasteiger charge is -2.06. The van der Waals surface area contributed by atoms with E-state index < -0.39 is 0 Å². The number of thiazole rings is 1. The lowest BCUT2D eigenvalue weighted by atomic mass is 10.1. The molecule has 0 radical (unpaired) electrons. The number of carbonyl (C=O) groups is 2. The zero-order valence-corrected chi connectivity index (χ0v) is 16.6. The SMILES string of the molecule is CNC(=O)CSc1nc(-c2ccccc2)c(NC(=O)c2cccc(C)c2)s1. The number of hydrogen-bond donors (Lipinski definition) is 2. The molecule has 0 spiro atoms. The predicted molar refractivity (Wildman–Crippen MR) is 111 cm³/mol. The van der Waals surface area contributed by atoms with Crippen LogP contribution in [0.4, 0.5) is 5.00 Å². The number of anilines is 1. The van der Waals surface area contributed by atoms with E-state index in [1.54, 1.807) is 13.1 Å². The largest absolute Gasteiger partial charge is 0.358 e. The highest BCUT2D eigenvalue weighted by atomic mass is 32.2. The summed E-state index contributed by atoms with van der Waals surface area (Å²) in [5, 5.41) is 6.25. The Morgan fingerprint density at radius 3 is 2.59 bits per heavy atom. The Bertz CT molecular complexity index is 955. The summed E-state index contributed by atoms with van der Waals surface area (Å²) < 4.78 is 0.733. The predicted octanol–water partition coefficient (Wildman–Crippen LogP) is 4.21. The summed E-state index contributed by atoms with van der Waals surface area (Å²) >= 11 is 2.73. The van der Waals surface area contributed by atoms with Crippen LogP contribution in [0, 0.1) is 6.92 Å². The van der Waals surface area contributed by atoms with Gasteiger partial charge in [-0.2, -0.15) is 0 Å². The van der Waals surface area contributed by atoms with Crippen LogP contribution in [0.5, 0.6) is 0 Å². The van der Waals surface area contributed by atoms with Gasteiger partial charge in [0.15, 0.2) is 4.34 Å². The highest BCUT2D eigenvalue weighted by molar-refractivity contribution is 8.01. The van der Waals surface area contributed by atoms with Crippen molar-refractivity contribution in [3.8, 4) is 11.3 Å². The van der Waals surface area contributed by atoms with E-state index in [-0.39, 0.29) is 17.6 Å². The smallest absolute Gasteiger partial charge is 0.256 e. The van der Waals surface area contributed by atoms with E-state index >= 15 is 0 Å². The number of aromatic nitrogens is 1. The van der Waals surface area contributed by atoms with Crippen LogP contribution >= 0.6 is 23.1 Å². The van der Waals surface area contributed by atoms with Gasteiger partial charge in [0, 0.05) is 18.2 Å². The number of hydrogen-bond acceptors (Lipinski definition) is 5. The molecule has 0 aliphatic heterocycles. The number of nitrogens with zero attached hydrogens (tertiary/aromatic N) is 1. The van der Waals surface area contributed by atoms with Gasteiger partial charge in [0.2, 0.25) is 5.91 Å². The van der Waals surface area contributed by atoms with Crippen LogP contribution in [0.1, 0.15) is 15.9 Å². The minimum Gasteiger partial charge on any atom is -0.358 e. The second-order valence-corrected chi connectivity index (χ2v) is 8.03. The molecule has 0 aliphatic rings. The average Bonchev–Trinajstić information content (AvgIpc) is 3.09. The van der Waals surface area contributed by atoms with Gasteiger partial charge in [-0.25, -0.2) is 4.98 Å². The molecule has 0 aliphatic carbocycles. The first-order valence-electron chi connectivity index (χ1n) is 8.34. The maximum absolute atomic E-state index is 12.7. The first-order valence-corrected chi connectivity index (χ1v) is 10.1. The van der Waals surface area contributed by atoms with Crippen molar-refractivity contribution in [2.45, 2.75) is 11.3 Å². The van der Waals surface area contributed by atoms with Crippen LogP contribution in [0.3, 0.4) is 0 Å². The van der Waals surface area contributed by atoms with Crippen LogP contribution in [0.25, 0.3) is 11.3 Å². The minimum atomic E-state index is -0.178. The molecule has 0 unspecified atom stereocenters. The Labute approximate surface area is 166 Å². The van der Waals surface area contributed by atoms with E-state index in [9.17, 15) is 9.59 Å². The van der Waals surface area contributed by atoms with E-state index in [0.29, 0.717) is 16.3 Å². The van der Waals surface area contributed by atoms with Gasteiger partial charge in [-0.3, -0.25) is 9.59 Å². The molecule has 1 heterocycles. The maximum atomic E-state index is 12.7. The number of nitrogens with one attached hydrogen (secondary N) is 2. The van der Waals surface area contributed by atoms with Gasteiger partial charge in [-0.15, -0.1) is 0 Å². The van der Waals surface area contributed by atoms with Gasteiger partial charge in [0.1, 0.15) is 10.7 Å². The number of rotatable bonds is 6. The molecule has 0 atom stereocenters. The Balaban J connectivity index is 1.88. The minimum absolute atomic E-state index is 0.0678. The molecule has 0 saturated heterocycles. The number of aryl methyl sites for hydroxylation is 1. The van der Waals surface area contributed by atoms with Crippen LogP contribution in [-0.4, -0.2) is 29.6 Å². The molecule has 2 amide bonds. The second-order valence-electron chi connectivity index (χ2n) is 5.81. The van der Waals surface area contributed by atoms with Crippen molar-refractivity contribution in [2.24, 2.45) is 0 Å².